The van der Waals surface area contributed by atoms with Crippen molar-refractivity contribution in [3.63, 3.8) is 0 Å². The van der Waals surface area contributed by atoms with Crippen molar-refractivity contribution in [1.82, 2.24) is 0 Å². The second-order valence-electron chi connectivity index (χ2n) is 5.05. The number of rotatable bonds is 4. The summed E-state index contributed by atoms with van der Waals surface area (Å²) in [4.78, 5) is 0.338. The molecular weight excluding hydrogens is 270 g/mol. The van der Waals surface area contributed by atoms with Gasteiger partial charge in [0.15, 0.2) is 9.84 Å². The van der Waals surface area contributed by atoms with Crippen molar-refractivity contribution in [2.45, 2.75) is 25.3 Å². The molecule has 0 amide bonds. The van der Waals surface area contributed by atoms with Crippen molar-refractivity contribution in [3.05, 3.63) is 59.2 Å². The van der Waals surface area contributed by atoms with E-state index in [0.717, 1.165) is 0 Å². The molecule has 0 aliphatic rings. The van der Waals surface area contributed by atoms with Gasteiger partial charge in [-0.3, -0.25) is 0 Å². The van der Waals surface area contributed by atoms with Crippen LogP contribution < -0.4 is 5.32 Å². The van der Waals surface area contributed by atoms with E-state index in [-0.39, 0.29) is 0 Å². The third-order valence-electron chi connectivity index (χ3n) is 3.26. The lowest BCUT2D eigenvalue weighted by Crippen LogP contribution is -2.07. The van der Waals surface area contributed by atoms with Gasteiger partial charge in [-0.05, 0) is 37.1 Å². The molecular formula is C16H19NO2S. The maximum atomic E-state index is 11.7. The highest BCUT2D eigenvalue weighted by Gasteiger charge is 2.12. The summed E-state index contributed by atoms with van der Waals surface area (Å²) >= 11 is 0. The number of benzene rings is 2. The molecule has 2 aromatic rings. The van der Waals surface area contributed by atoms with Crippen molar-refractivity contribution in [3.8, 4) is 0 Å². The summed E-state index contributed by atoms with van der Waals surface area (Å²) < 4.78 is 23.5. The van der Waals surface area contributed by atoms with Gasteiger partial charge in [-0.25, -0.2) is 8.42 Å². The van der Waals surface area contributed by atoms with Crippen LogP contribution in [0.5, 0.6) is 0 Å². The van der Waals surface area contributed by atoms with Crippen LogP contribution in [0, 0.1) is 13.8 Å². The Labute approximate surface area is 120 Å². The Balaban J connectivity index is 2.26. The van der Waals surface area contributed by atoms with Gasteiger partial charge in [-0.15, -0.1) is 0 Å². The molecule has 1 N–H and O–H groups in total. The summed E-state index contributed by atoms with van der Waals surface area (Å²) in [6.07, 6.45) is 1.23. The molecule has 0 spiro atoms. The third kappa shape index (κ3) is 3.39. The van der Waals surface area contributed by atoms with E-state index in [0.29, 0.717) is 17.1 Å². The standard InChI is InChI=1S/C16H19NO2S/c1-12-8-9-13(2)14(10-12)11-17-15-6-4-5-7-16(15)20(3,18)19/h4-10,17H,11H2,1-3H3. The van der Waals surface area contributed by atoms with E-state index in [2.05, 4.69) is 30.4 Å². The molecule has 2 rings (SSSR count). The van der Waals surface area contributed by atoms with Gasteiger partial charge in [0.1, 0.15) is 0 Å². The molecule has 0 aliphatic heterocycles. The summed E-state index contributed by atoms with van der Waals surface area (Å²) in [7, 11) is -3.22. The zero-order valence-corrected chi connectivity index (χ0v) is 12.8. The van der Waals surface area contributed by atoms with Crippen molar-refractivity contribution >= 4 is 15.5 Å². The van der Waals surface area contributed by atoms with Crippen LogP contribution in [0.25, 0.3) is 0 Å². The minimum atomic E-state index is -3.22. The van der Waals surface area contributed by atoms with Crippen molar-refractivity contribution in [2.24, 2.45) is 0 Å². The van der Waals surface area contributed by atoms with Crippen LogP contribution in [0.15, 0.2) is 47.4 Å². The Morgan fingerprint density at radius 1 is 1.05 bits per heavy atom. The Bertz CT molecular complexity index is 721. The van der Waals surface area contributed by atoms with Gasteiger partial charge in [0, 0.05) is 12.8 Å². The van der Waals surface area contributed by atoms with E-state index in [1.807, 2.05) is 13.0 Å². The van der Waals surface area contributed by atoms with E-state index in [1.54, 1.807) is 18.2 Å². The molecule has 106 valence electrons. The number of para-hydroxylation sites is 1. The van der Waals surface area contributed by atoms with Crippen LogP contribution in [0.3, 0.4) is 0 Å². The van der Waals surface area contributed by atoms with E-state index in [4.69, 9.17) is 0 Å². The molecule has 0 unspecified atom stereocenters. The number of sulfone groups is 1. The zero-order chi connectivity index (χ0) is 14.8. The van der Waals surface area contributed by atoms with Crippen LogP contribution in [-0.4, -0.2) is 14.7 Å². The Kier molecular flexibility index (Phi) is 4.14. The molecule has 0 fully saturated rings. The molecule has 20 heavy (non-hydrogen) atoms. The van der Waals surface area contributed by atoms with Crippen molar-refractivity contribution in [1.29, 1.82) is 0 Å². The normalized spacial score (nSPS) is 11.3. The number of anilines is 1. The van der Waals surface area contributed by atoms with E-state index >= 15 is 0 Å². The Morgan fingerprint density at radius 3 is 2.45 bits per heavy atom. The van der Waals surface area contributed by atoms with Gasteiger partial charge in [0.2, 0.25) is 0 Å². The lowest BCUT2D eigenvalue weighted by Gasteiger charge is -2.12. The van der Waals surface area contributed by atoms with Crippen LogP contribution in [0.1, 0.15) is 16.7 Å². The first-order valence-corrected chi connectivity index (χ1v) is 8.36. The van der Waals surface area contributed by atoms with Crippen LogP contribution >= 0.6 is 0 Å². The predicted octanol–water partition coefficient (Wildman–Crippen LogP) is 3.32. The second kappa shape index (κ2) is 5.67. The summed E-state index contributed by atoms with van der Waals surface area (Å²) in [6.45, 7) is 4.71. The van der Waals surface area contributed by atoms with E-state index < -0.39 is 9.84 Å². The first-order chi connectivity index (χ1) is 9.38. The van der Waals surface area contributed by atoms with Crippen molar-refractivity contribution < 1.29 is 8.42 Å². The fourth-order valence-corrected chi connectivity index (χ4v) is 2.98. The summed E-state index contributed by atoms with van der Waals surface area (Å²) in [5.74, 6) is 0. The quantitative estimate of drug-likeness (QED) is 0.939. The first-order valence-electron chi connectivity index (χ1n) is 6.47. The Morgan fingerprint density at radius 2 is 1.75 bits per heavy atom. The first kappa shape index (κ1) is 14.6. The van der Waals surface area contributed by atoms with Gasteiger partial charge >= 0.3 is 0 Å². The highest BCUT2D eigenvalue weighted by Crippen LogP contribution is 2.22. The minimum Gasteiger partial charge on any atom is -0.380 e. The highest BCUT2D eigenvalue weighted by molar-refractivity contribution is 7.90. The fraction of sp³-hybridized carbons (Fsp3) is 0.250. The smallest absolute Gasteiger partial charge is 0.177 e. The van der Waals surface area contributed by atoms with Gasteiger partial charge in [-0.1, -0.05) is 35.9 Å². The van der Waals surface area contributed by atoms with Gasteiger partial charge in [-0.2, -0.15) is 0 Å². The fourth-order valence-electron chi connectivity index (χ4n) is 2.12. The number of hydrogen-bond donors (Lipinski definition) is 1. The summed E-state index contributed by atoms with van der Waals surface area (Å²) in [5, 5.41) is 3.22. The van der Waals surface area contributed by atoms with Gasteiger partial charge in [0.25, 0.3) is 0 Å². The van der Waals surface area contributed by atoms with Crippen LogP contribution in [0.2, 0.25) is 0 Å². The lowest BCUT2D eigenvalue weighted by molar-refractivity contribution is 0.602. The third-order valence-corrected chi connectivity index (χ3v) is 4.42. The predicted molar refractivity (Wildman–Crippen MR) is 82.8 cm³/mol. The average Bonchev–Trinajstić information content (AvgIpc) is 2.39. The number of nitrogens with one attached hydrogen (secondary N) is 1. The number of hydrogen-bond acceptors (Lipinski definition) is 3. The van der Waals surface area contributed by atoms with Crippen LogP contribution in [-0.2, 0) is 16.4 Å². The minimum absolute atomic E-state index is 0.338. The molecule has 4 heteroatoms. The van der Waals surface area contributed by atoms with Gasteiger partial charge < -0.3 is 5.32 Å². The molecule has 0 aromatic heterocycles. The summed E-state index contributed by atoms with van der Waals surface area (Å²) in [6, 6.07) is 13.3. The van der Waals surface area contributed by atoms with E-state index in [9.17, 15) is 8.42 Å². The number of aryl methyl sites for hydroxylation is 2. The average molecular weight is 289 g/mol. The maximum Gasteiger partial charge on any atom is 0.177 e. The molecule has 0 aliphatic carbocycles. The van der Waals surface area contributed by atoms with Gasteiger partial charge in [0.05, 0.1) is 10.6 Å². The lowest BCUT2D eigenvalue weighted by atomic mass is 10.1. The Hall–Kier alpha value is -1.81. The largest absolute Gasteiger partial charge is 0.380 e. The van der Waals surface area contributed by atoms with Crippen LogP contribution in [0.4, 0.5) is 5.69 Å². The topological polar surface area (TPSA) is 46.2 Å². The van der Waals surface area contributed by atoms with Crippen molar-refractivity contribution in [2.75, 3.05) is 11.6 Å². The van der Waals surface area contributed by atoms with E-state index in [1.165, 1.54) is 22.9 Å². The molecule has 0 bridgehead atoms. The molecule has 0 atom stereocenters. The molecule has 3 nitrogen and oxygen atoms in total. The molecule has 0 radical (unpaired) electrons. The monoisotopic (exact) mass is 289 g/mol. The SMILES string of the molecule is Cc1ccc(C)c(CNc2ccccc2S(C)(=O)=O)c1. The molecule has 0 saturated carbocycles. The molecule has 0 heterocycles. The zero-order valence-electron chi connectivity index (χ0n) is 12.0. The highest BCUT2D eigenvalue weighted by atomic mass is 32.2. The maximum absolute atomic E-state index is 11.7. The molecule has 0 saturated heterocycles. The molecule has 2 aromatic carbocycles. The summed E-state index contributed by atoms with van der Waals surface area (Å²) in [5.41, 5.74) is 4.22. The second-order valence-corrected chi connectivity index (χ2v) is 7.04.